The molecule has 0 amide bonds. The molecule has 0 saturated heterocycles. The van der Waals surface area contributed by atoms with Gasteiger partial charge in [0.15, 0.2) is 0 Å². The molecule has 0 spiro atoms. The molecule has 0 heterocycles. The second kappa shape index (κ2) is 4.92. The van der Waals surface area contributed by atoms with Crippen molar-refractivity contribution in [1.82, 2.24) is 0 Å². The Hall–Kier alpha value is -1.65. The largest absolute Gasteiger partial charge is 0.496 e. The minimum atomic E-state index is -0.988. The van der Waals surface area contributed by atoms with Crippen molar-refractivity contribution in [2.75, 3.05) is 7.11 Å². The SMILES string of the molecule is COc1cc(F)cc(F)c1C(CC(=O)O)C1CC1. The molecule has 0 aromatic heterocycles. The van der Waals surface area contributed by atoms with Crippen LogP contribution in [0, 0.1) is 17.6 Å². The summed E-state index contributed by atoms with van der Waals surface area (Å²) in [6.45, 7) is 0. The molecule has 1 saturated carbocycles. The maximum absolute atomic E-state index is 13.9. The minimum absolute atomic E-state index is 0.0886. The molecule has 0 radical (unpaired) electrons. The molecule has 0 aliphatic heterocycles. The molecule has 1 N–H and O–H groups in total. The van der Waals surface area contributed by atoms with Gasteiger partial charge in [-0.05, 0) is 18.8 Å². The molecule has 1 atom stereocenters. The van der Waals surface area contributed by atoms with Crippen LogP contribution < -0.4 is 4.74 Å². The molecule has 1 aromatic rings. The van der Waals surface area contributed by atoms with Crippen LogP contribution in [0.4, 0.5) is 8.78 Å². The first-order valence-electron chi connectivity index (χ1n) is 5.77. The van der Waals surface area contributed by atoms with E-state index in [9.17, 15) is 13.6 Å². The van der Waals surface area contributed by atoms with Gasteiger partial charge in [-0.15, -0.1) is 0 Å². The summed E-state index contributed by atoms with van der Waals surface area (Å²) >= 11 is 0. The van der Waals surface area contributed by atoms with Gasteiger partial charge in [0.25, 0.3) is 0 Å². The van der Waals surface area contributed by atoms with Crippen LogP contribution in [0.3, 0.4) is 0 Å². The van der Waals surface area contributed by atoms with E-state index in [2.05, 4.69) is 0 Å². The van der Waals surface area contributed by atoms with E-state index >= 15 is 0 Å². The van der Waals surface area contributed by atoms with Crippen LogP contribution in [0.25, 0.3) is 0 Å². The lowest BCUT2D eigenvalue weighted by Crippen LogP contribution is -2.12. The highest BCUT2D eigenvalue weighted by Crippen LogP contribution is 2.47. The monoisotopic (exact) mass is 256 g/mol. The Kier molecular flexibility index (Phi) is 3.50. The van der Waals surface area contributed by atoms with Crippen LogP contribution in [-0.2, 0) is 4.79 Å². The smallest absolute Gasteiger partial charge is 0.303 e. The summed E-state index contributed by atoms with van der Waals surface area (Å²) in [7, 11) is 1.32. The van der Waals surface area contributed by atoms with E-state index in [1.807, 2.05) is 0 Å². The number of halogens is 2. The number of rotatable bonds is 5. The van der Waals surface area contributed by atoms with Gasteiger partial charge in [-0.3, -0.25) is 4.79 Å². The molecule has 18 heavy (non-hydrogen) atoms. The molecule has 3 nitrogen and oxygen atoms in total. The van der Waals surface area contributed by atoms with Crippen LogP contribution in [0.1, 0.15) is 30.7 Å². The fourth-order valence-corrected chi connectivity index (χ4v) is 2.28. The normalized spacial score (nSPS) is 16.4. The lowest BCUT2D eigenvalue weighted by Gasteiger charge is -2.18. The van der Waals surface area contributed by atoms with Gasteiger partial charge >= 0.3 is 5.97 Å². The first kappa shape index (κ1) is 12.8. The number of hydrogen-bond acceptors (Lipinski definition) is 2. The van der Waals surface area contributed by atoms with E-state index in [0.717, 1.165) is 25.0 Å². The summed E-state index contributed by atoms with van der Waals surface area (Å²) in [6.07, 6.45) is 1.58. The van der Waals surface area contributed by atoms with Gasteiger partial charge in [0.2, 0.25) is 0 Å². The predicted octanol–water partition coefficient (Wildman–Crippen LogP) is 2.94. The summed E-state index contributed by atoms with van der Waals surface area (Å²) in [5, 5.41) is 8.89. The number of carboxylic acids is 1. The Morgan fingerprint density at radius 3 is 2.67 bits per heavy atom. The molecule has 1 fully saturated rings. The van der Waals surface area contributed by atoms with Crippen molar-refractivity contribution in [2.45, 2.75) is 25.2 Å². The maximum atomic E-state index is 13.9. The predicted molar refractivity (Wildman–Crippen MR) is 60.6 cm³/mol. The zero-order valence-corrected chi connectivity index (χ0v) is 9.95. The van der Waals surface area contributed by atoms with E-state index in [1.165, 1.54) is 7.11 Å². The van der Waals surface area contributed by atoms with Crippen molar-refractivity contribution < 1.29 is 23.4 Å². The van der Waals surface area contributed by atoms with Crippen molar-refractivity contribution in [3.8, 4) is 5.75 Å². The second-order valence-electron chi connectivity index (χ2n) is 4.55. The van der Waals surface area contributed by atoms with Gasteiger partial charge in [-0.25, -0.2) is 8.78 Å². The van der Waals surface area contributed by atoms with Crippen molar-refractivity contribution in [3.05, 3.63) is 29.3 Å². The van der Waals surface area contributed by atoms with Crippen LogP contribution in [0.5, 0.6) is 5.75 Å². The van der Waals surface area contributed by atoms with Crippen molar-refractivity contribution in [2.24, 2.45) is 5.92 Å². The van der Waals surface area contributed by atoms with Gasteiger partial charge < -0.3 is 9.84 Å². The lowest BCUT2D eigenvalue weighted by molar-refractivity contribution is -0.137. The second-order valence-corrected chi connectivity index (χ2v) is 4.55. The first-order chi connectivity index (χ1) is 8.52. The Bertz CT molecular complexity index is 470. The number of methoxy groups -OCH3 is 1. The maximum Gasteiger partial charge on any atom is 0.303 e. The topological polar surface area (TPSA) is 46.5 Å². The zero-order valence-electron chi connectivity index (χ0n) is 9.95. The Balaban J connectivity index is 2.42. The zero-order chi connectivity index (χ0) is 13.3. The number of hydrogen-bond donors (Lipinski definition) is 1. The lowest BCUT2D eigenvalue weighted by atomic mass is 9.89. The minimum Gasteiger partial charge on any atom is -0.496 e. The molecule has 0 bridgehead atoms. The molecule has 1 unspecified atom stereocenters. The number of aliphatic carboxylic acids is 1. The van der Waals surface area contributed by atoms with Crippen molar-refractivity contribution in [1.29, 1.82) is 0 Å². The summed E-state index contributed by atoms with van der Waals surface area (Å²) in [6, 6.07) is 1.87. The van der Waals surface area contributed by atoms with Crippen LogP contribution >= 0.6 is 0 Å². The molecule has 1 aliphatic carbocycles. The van der Waals surface area contributed by atoms with Gasteiger partial charge in [0.1, 0.15) is 17.4 Å². The van der Waals surface area contributed by atoms with E-state index in [4.69, 9.17) is 9.84 Å². The van der Waals surface area contributed by atoms with E-state index in [0.29, 0.717) is 0 Å². The highest BCUT2D eigenvalue weighted by atomic mass is 19.1. The molecule has 2 rings (SSSR count). The van der Waals surface area contributed by atoms with Crippen LogP contribution in [-0.4, -0.2) is 18.2 Å². The van der Waals surface area contributed by atoms with E-state index in [1.54, 1.807) is 0 Å². The summed E-state index contributed by atoms with van der Waals surface area (Å²) in [5.41, 5.74) is 0.184. The van der Waals surface area contributed by atoms with Gasteiger partial charge in [-0.2, -0.15) is 0 Å². The molecule has 5 heteroatoms. The molecule has 1 aromatic carbocycles. The number of benzene rings is 1. The average Bonchev–Trinajstić information content (AvgIpc) is 3.09. The van der Waals surface area contributed by atoms with Crippen LogP contribution in [0.15, 0.2) is 12.1 Å². The fourth-order valence-electron chi connectivity index (χ4n) is 2.28. The number of ether oxygens (including phenoxy) is 1. The third-order valence-corrected chi connectivity index (χ3v) is 3.23. The summed E-state index contributed by atoms with van der Waals surface area (Å²) < 4.78 is 31.9. The Labute approximate surface area is 103 Å². The third kappa shape index (κ3) is 2.60. The quantitative estimate of drug-likeness (QED) is 0.881. The van der Waals surface area contributed by atoms with E-state index in [-0.39, 0.29) is 23.7 Å². The highest BCUT2D eigenvalue weighted by molar-refractivity contribution is 5.68. The van der Waals surface area contributed by atoms with Crippen molar-refractivity contribution >= 4 is 5.97 Å². The van der Waals surface area contributed by atoms with Crippen LogP contribution in [0.2, 0.25) is 0 Å². The Morgan fingerprint density at radius 1 is 1.50 bits per heavy atom. The summed E-state index contributed by atoms with van der Waals surface area (Å²) in [5.74, 6) is -2.65. The fraction of sp³-hybridized carbons (Fsp3) is 0.462. The molecule has 1 aliphatic rings. The first-order valence-corrected chi connectivity index (χ1v) is 5.77. The van der Waals surface area contributed by atoms with Gasteiger partial charge in [0.05, 0.1) is 13.5 Å². The Morgan fingerprint density at radius 2 is 2.17 bits per heavy atom. The standard InChI is InChI=1S/C13H14F2O3/c1-18-11-5-8(14)4-10(15)13(11)9(6-12(16)17)7-2-3-7/h4-5,7,9H,2-3,6H2,1H3,(H,16,17). The summed E-state index contributed by atoms with van der Waals surface area (Å²) in [4.78, 5) is 10.9. The highest BCUT2D eigenvalue weighted by Gasteiger charge is 2.37. The third-order valence-electron chi connectivity index (χ3n) is 3.23. The van der Waals surface area contributed by atoms with Crippen molar-refractivity contribution in [3.63, 3.8) is 0 Å². The van der Waals surface area contributed by atoms with Gasteiger partial charge in [-0.1, -0.05) is 0 Å². The molecule has 98 valence electrons. The average molecular weight is 256 g/mol. The van der Waals surface area contributed by atoms with Gasteiger partial charge in [0, 0.05) is 23.6 Å². The number of carbonyl (C=O) groups is 1. The molecular formula is C13H14F2O3. The molecular weight excluding hydrogens is 242 g/mol. The van der Waals surface area contributed by atoms with E-state index < -0.39 is 23.5 Å². The number of carboxylic acid groups (broad SMARTS) is 1.